The van der Waals surface area contributed by atoms with Crippen molar-refractivity contribution >= 4 is 11.8 Å². The Morgan fingerprint density at radius 3 is 2.79 bits per heavy atom. The van der Waals surface area contributed by atoms with E-state index in [2.05, 4.69) is 60.8 Å². The van der Waals surface area contributed by atoms with Gasteiger partial charge in [0.2, 0.25) is 0 Å². The maximum atomic E-state index is 3.61. The molecule has 0 aromatic heterocycles. The van der Waals surface area contributed by atoms with Gasteiger partial charge in [-0.2, -0.15) is 0 Å². The van der Waals surface area contributed by atoms with Gasteiger partial charge in [0.15, 0.2) is 0 Å². The second-order valence-electron chi connectivity index (χ2n) is 5.10. The zero-order valence-electron chi connectivity index (χ0n) is 11.2. The third-order valence-corrected chi connectivity index (χ3v) is 5.02. The van der Waals surface area contributed by atoms with Gasteiger partial charge in [0, 0.05) is 29.7 Å². The van der Waals surface area contributed by atoms with E-state index in [1.165, 1.54) is 27.3 Å². The van der Waals surface area contributed by atoms with Crippen LogP contribution in [-0.4, -0.2) is 12.3 Å². The van der Waals surface area contributed by atoms with Gasteiger partial charge in [-0.3, -0.25) is 0 Å². The van der Waals surface area contributed by atoms with Crippen molar-refractivity contribution in [2.75, 3.05) is 12.3 Å². The van der Waals surface area contributed by atoms with E-state index in [9.17, 15) is 0 Å². The lowest BCUT2D eigenvalue weighted by molar-refractivity contribution is 0.620. The standard InChI is InChI=1S/C17H19NS/c1-13-6-2-3-7-14(13)10-18-11-15-12-19-17-9-5-4-8-16(15)17/h2-9,15,18H,10-12H2,1H3. The molecule has 0 amide bonds. The molecule has 19 heavy (non-hydrogen) atoms. The van der Waals surface area contributed by atoms with Crippen molar-refractivity contribution in [2.45, 2.75) is 24.3 Å². The monoisotopic (exact) mass is 269 g/mol. The Hall–Kier alpha value is -1.25. The molecular formula is C17H19NS. The van der Waals surface area contributed by atoms with Crippen LogP contribution in [-0.2, 0) is 6.54 Å². The summed E-state index contributed by atoms with van der Waals surface area (Å²) in [6.45, 7) is 4.21. The second kappa shape index (κ2) is 5.81. The van der Waals surface area contributed by atoms with E-state index < -0.39 is 0 Å². The van der Waals surface area contributed by atoms with Gasteiger partial charge in [-0.05, 0) is 29.7 Å². The Labute approximate surface area is 119 Å². The number of rotatable bonds is 4. The van der Waals surface area contributed by atoms with Crippen LogP contribution in [0.5, 0.6) is 0 Å². The highest BCUT2D eigenvalue weighted by Crippen LogP contribution is 2.38. The first-order valence-electron chi connectivity index (χ1n) is 6.81. The van der Waals surface area contributed by atoms with Gasteiger partial charge < -0.3 is 5.32 Å². The predicted molar refractivity (Wildman–Crippen MR) is 82.8 cm³/mol. The molecule has 1 atom stereocenters. The number of aryl methyl sites for hydroxylation is 1. The van der Waals surface area contributed by atoms with E-state index in [4.69, 9.17) is 0 Å². The first-order chi connectivity index (χ1) is 9.34. The maximum absolute atomic E-state index is 3.61. The fourth-order valence-electron chi connectivity index (χ4n) is 2.59. The molecular weight excluding hydrogens is 250 g/mol. The highest BCUT2D eigenvalue weighted by molar-refractivity contribution is 7.99. The SMILES string of the molecule is Cc1ccccc1CNCC1CSc2ccccc21. The molecule has 3 rings (SSSR count). The summed E-state index contributed by atoms with van der Waals surface area (Å²) in [5.41, 5.74) is 4.29. The largest absolute Gasteiger partial charge is 0.312 e. The molecule has 0 bridgehead atoms. The maximum Gasteiger partial charge on any atom is 0.0208 e. The molecule has 2 aromatic rings. The summed E-state index contributed by atoms with van der Waals surface area (Å²) in [6.07, 6.45) is 0. The lowest BCUT2D eigenvalue weighted by Gasteiger charge is -2.13. The molecule has 0 saturated heterocycles. The van der Waals surface area contributed by atoms with E-state index in [1.54, 1.807) is 0 Å². The Kier molecular flexibility index (Phi) is 3.90. The van der Waals surface area contributed by atoms with Gasteiger partial charge in [-0.15, -0.1) is 11.8 Å². The summed E-state index contributed by atoms with van der Waals surface area (Å²) in [6, 6.07) is 17.4. The van der Waals surface area contributed by atoms with Crippen molar-refractivity contribution in [2.24, 2.45) is 0 Å². The van der Waals surface area contributed by atoms with Crippen LogP contribution in [0.2, 0.25) is 0 Å². The van der Waals surface area contributed by atoms with Crippen LogP contribution < -0.4 is 5.32 Å². The number of fused-ring (bicyclic) bond motifs is 1. The molecule has 1 aliphatic heterocycles. The molecule has 0 saturated carbocycles. The normalized spacial score (nSPS) is 17.4. The van der Waals surface area contributed by atoms with Crippen LogP contribution >= 0.6 is 11.8 Å². The van der Waals surface area contributed by atoms with E-state index >= 15 is 0 Å². The number of thioether (sulfide) groups is 1. The zero-order valence-corrected chi connectivity index (χ0v) is 12.0. The topological polar surface area (TPSA) is 12.0 Å². The van der Waals surface area contributed by atoms with Gasteiger partial charge in [-0.25, -0.2) is 0 Å². The van der Waals surface area contributed by atoms with Crippen LogP contribution in [0.1, 0.15) is 22.6 Å². The van der Waals surface area contributed by atoms with Gasteiger partial charge in [0.05, 0.1) is 0 Å². The Bertz CT molecular complexity index is 565. The first kappa shape index (κ1) is 12.8. The average molecular weight is 269 g/mol. The predicted octanol–water partition coefficient (Wildman–Crippen LogP) is 3.97. The van der Waals surface area contributed by atoms with E-state index in [0.717, 1.165) is 13.1 Å². The van der Waals surface area contributed by atoms with Crippen molar-refractivity contribution in [1.29, 1.82) is 0 Å². The highest BCUT2D eigenvalue weighted by Gasteiger charge is 2.21. The van der Waals surface area contributed by atoms with E-state index in [0.29, 0.717) is 5.92 Å². The summed E-state index contributed by atoms with van der Waals surface area (Å²) < 4.78 is 0. The highest BCUT2D eigenvalue weighted by atomic mass is 32.2. The van der Waals surface area contributed by atoms with Crippen molar-refractivity contribution in [3.05, 3.63) is 65.2 Å². The van der Waals surface area contributed by atoms with Crippen LogP contribution in [0.3, 0.4) is 0 Å². The van der Waals surface area contributed by atoms with E-state index in [-0.39, 0.29) is 0 Å². The third kappa shape index (κ3) is 2.85. The summed E-state index contributed by atoms with van der Waals surface area (Å²) in [7, 11) is 0. The molecule has 98 valence electrons. The average Bonchev–Trinajstić information content (AvgIpc) is 2.85. The minimum Gasteiger partial charge on any atom is -0.312 e. The molecule has 0 radical (unpaired) electrons. The van der Waals surface area contributed by atoms with Crippen LogP contribution in [0, 0.1) is 6.92 Å². The molecule has 1 aliphatic rings. The Morgan fingerprint density at radius 1 is 1.11 bits per heavy atom. The molecule has 1 nitrogen and oxygen atoms in total. The lowest BCUT2D eigenvalue weighted by atomic mass is 10.0. The molecule has 0 spiro atoms. The fourth-order valence-corrected chi connectivity index (χ4v) is 3.84. The summed E-state index contributed by atoms with van der Waals surface area (Å²) in [5.74, 6) is 1.87. The number of hydrogen-bond donors (Lipinski definition) is 1. The van der Waals surface area contributed by atoms with Crippen LogP contribution in [0.15, 0.2) is 53.4 Å². The number of hydrogen-bond acceptors (Lipinski definition) is 2. The lowest BCUT2D eigenvalue weighted by Crippen LogP contribution is -2.21. The first-order valence-corrected chi connectivity index (χ1v) is 7.80. The molecule has 2 heteroatoms. The minimum absolute atomic E-state index is 0.658. The van der Waals surface area contributed by atoms with Crippen molar-refractivity contribution in [3.8, 4) is 0 Å². The second-order valence-corrected chi connectivity index (χ2v) is 6.16. The Balaban J connectivity index is 1.58. The summed E-state index contributed by atoms with van der Waals surface area (Å²) in [5, 5.41) is 3.61. The van der Waals surface area contributed by atoms with Crippen molar-refractivity contribution < 1.29 is 0 Å². The molecule has 1 heterocycles. The third-order valence-electron chi connectivity index (χ3n) is 3.77. The molecule has 0 fully saturated rings. The smallest absolute Gasteiger partial charge is 0.0208 e. The quantitative estimate of drug-likeness (QED) is 0.901. The van der Waals surface area contributed by atoms with Crippen molar-refractivity contribution in [3.63, 3.8) is 0 Å². The van der Waals surface area contributed by atoms with E-state index in [1.807, 2.05) is 11.8 Å². The van der Waals surface area contributed by atoms with Gasteiger partial charge in [0.1, 0.15) is 0 Å². The molecule has 1 unspecified atom stereocenters. The molecule has 0 aliphatic carbocycles. The Morgan fingerprint density at radius 2 is 1.89 bits per heavy atom. The zero-order chi connectivity index (χ0) is 13.1. The fraction of sp³-hybridized carbons (Fsp3) is 0.294. The van der Waals surface area contributed by atoms with Crippen LogP contribution in [0.25, 0.3) is 0 Å². The summed E-state index contributed by atoms with van der Waals surface area (Å²) >= 11 is 1.99. The number of benzene rings is 2. The van der Waals surface area contributed by atoms with Crippen molar-refractivity contribution in [1.82, 2.24) is 5.32 Å². The van der Waals surface area contributed by atoms with Gasteiger partial charge >= 0.3 is 0 Å². The molecule has 2 aromatic carbocycles. The summed E-state index contributed by atoms with van der Waals surface area (Å²) in [4.78, 5) is 1.46. The van der Waals surface area contributed by atoms with Gasteiger partial charge in [-0.1, -0.05) is 42.5 Å². The van der Waals surface area contributed by atoms with Gasteiger partial charge in [0.25, 0.3) is 0 Å². The minimum atomic E-state index is 0.658. The van der Waals surface area contributed by atoms with Crippen LogP contribution in [0.4, 0.5) is 0 Å². The number of nitrogens with one attached hydrogen (secondary N) is 1. The molecule has 1 N–H and O–H groups in total.